The number of amides is 1. The topological polar surface area (TPSA) is 55.8 Å². The first-order chi connectivity index (χ1) is 13.7. The third kappa shape index (κ3) is 3.34. The lowest BCUT2D eigenvalue weighted by molar-refractivity contribution is -0.114. The van der Waals surface area contributed by atoms with E-state index in [9.17, 15) is 9.59 Å². The number of nitrogens with zero attached hydrogens (tertiary/aromatic N) is 1. The van der Waals surface area contributed by atoms with Gasteiger partial charge in [-0.1, -0.05) is 48.5 Å². The Bertz CT molecular complexity index is 1030. The molecule has 1 aliphatic rings. The summed E-state index contributed by atoms with van der Waals surface area (Å²) in [6, 6.07) is 22.4. The number of hydrogen-bond donors (Lipinski definition) is 0. The Balaban J connectivity index is 1.53. The second kappa shape index (κ2) is 7.56. The van der Waals surface area contributed by atoms with Gasteiger partial charge in [0.2, 0.25) is 0 Å². The minimum atomic E-state index is -0.510. The van der Waals surface area contributed by atoms with E-state index in [2.05, 4.69) is 0 Å². The van der Waals surface area contributed by atoms with E-state index < -0.39 is 11.7 Å². The van der Waals surface area contributed by atoms with Gasteiger partial charge >= 0.3 is 0 Å². The number of fused-ring (bicyclic) bond motifs is 1. The number of hydrogen-bond acceptors (Lipinski definition) is 4. The maximum absolute atomic E-state index is 12.4. The number of carbonyl (C=O) groups excluding carboxylic acids is 2. The highest BCUT2D eigenvalue weighted by atomic mass is 16.5. The average Bonchev–Trinajstić information content (AvgIpc) is 2.98. The Labute approximate surface area is 163 Å². The van der Waals surface area contributed by atoms with Crippen LogP contribution in [0, 0.1) is 0 Å². The molecule has 0 atom stereocenters. The van der Waals surface area contributed by atoms with Crippen molar-refractivity contribution in [3.8, 4) is 11.5 Å². The fraction of sp³-hybridized carbons (Fsp3) is 0.130. The molecule has 0 fully saturated rings. The molecule has 0 unspecified atom stereocenters. The highest BCUT2D eigenvalue weighted by molar-refractivity contribution is 6.52. The predicted octanol–water partition coefficient (Wildman–Crippen LogP) is 4.00. The van der Waals surface area contributed by atoms with Crippen LogP contribution in [0.25, 0.3) is 0 Å². The summed E-state index contributed by atoms with van der Waals surface area (Å²) in [7, 11) is 1.58. The van der Waals surface area contributed by atoms with Crippen molar-refractivity contribution >= 4 is 17.4 Å². The van der Waals surface area contributed by atoms with Crippen LogP contribution in [-0.2, 0) is 17.9 Å². The molecular weight excluding hydrogens is 354 g/mol. The fourth-order valence-electron chi connectivity index (χ4n) is 3.25. The number of benzene rings is 3. The van der Waals surface area contributed by atoms with E-state index in [1.165, 1.54) is 4.90 Å². The second-order valence-corrected chi connectivity index (χ2v) is 6.50. The third-order valence-electron chi connectivity index (χ3n) is 4.68. The largest absolute Gasteiger partial charge is 0.493 e. The Morgan fingerprint density at radius 2 is 1.57 bits per heavy atom. The molecule has 5 heteroatoms. The van der Waals surface area contributed by atoms with E-state index in [0.29, 0.717) is 29.4 Å². The molecule has 0 radical (unpaired) electrons. The molecule has 0 bridgehead atoms. The van der Waals surface area contributed by atoms with Gasteiger partial charge in [0, 0.05) is 0 Å². The number of para-hydroxylation sites is 1. The fourth-order valence-corrected chi connectivity index (χ4v) is 3.25. The molecule has 0 aromatic heterocycles. The quantitative estimate of drug-likeness (QED) is 0.613. The van der Waals surface area contributed by atoms with Crippen molar-refractivity contribution in [2.75, 3.05) is 12.0 Å². The van der Waals surface area contributed by atoms with Gasteiger partial charge in [0.1, 0.15) is 6.61 Å². The zero-order chi connectivity index (χ0) is 19.5. The summed E-state index contributed by atoms with van der Waals surface area (Å²) in [6.45, 7) is 0.722. The number of carbonyl (C=O) groups is 2. The van der Waals surface area contributed by atoms with Gasteiger partial charge in [-0.05, 0) is 35.4 Å². The van der Waals surface area contributed by atoms with Gasteiger partial charge in [0.05, 0.1) is 24.9 Å². The van der Waals surface area contributed by atoms with Gasteiger partial charge < -0.3 is 14.4 Å². The van der Waals surface area contributed by atoms with Crippen molar-refractivity contribution in [2.45, 2.75) is 13.2 Å². The number of ketones is 1. The summed E-state index contributed by atoms with van der Waals surface area (Å²) < 4.78 is 11.3. The summed E-state index contributed by atoms with van der Waals surface area (Å²) in [5, 5.41) is 0. The van der Waals surface area contributed by atoms with E-state index in [1.54, 1.807) is 25.3 Å². The lowest BCUT2D eigenvalue weighted by atomic mass is 10.1. The molecule has 4 rings (SSSR count). The molecule has 3 aromatic rings. The first-order valence-electron chi connectivity index (χ1n) is 8.96. The summed E-state index contributed by atoms with van der Waals surface area (Å²) in [4.78, 5) is 26.0. The molecule has 1 heterocycles. The Morgan fingerprint density at radius 3 is 2.36 bits per heavy atom. The summed E-state index contributed by atoms with van der Waals surface area (Å²) in [5.41, 5.74) is 3.00. The Morgan fingerprint density at radius 1 is 0.821 bits per heavy atom. The third-order valence-corrected chi connectivity index (χ3v) is 4.68. The molecule has 0 N–H and O–H groups in total. The van der Waals surface area contributed by atoms with Crippen LogP contribution in [-0.4, -0.2) is 18.8 Å². The molecule has 0 saturated carbocycles. The molecule has 0 spiro atoms. The summed E-state index contributed by atoms with van der Waals surface area (Å²) in [5.74, 6) is 0.231. The van der Waals surface area contributed by atoms with Crippen molar-refractivity contribution in [3.05, 3.63) is 89.5 Å². The molecule has 1 aliphatic heterocycles. The van der Waals surface area contributed by atoms with Gasteiger partial charge in [-0.2, -0.15) is 0 Å². The zero-order valence-electron chi connectivity index (χ0n) is 15.4. The average molecular weight is 373 g/mol. The molecule has 1 amide bonds. The zero-order valence-corrected chi connectivity index (χ0v) is 15.4. The van der Waals surface area contributed by atoms with Gasteiger partial charge in [-0.25, -0.2) is 0 Å². The highest BCUT2D eigenvalue weighted by Crippen LogP contribution is 2.33. The first-order valence-corrected chi connectivity index (χ1v) is 8.96. The minimum absolute atomic E-state index is 0.289. The van der Waals surface area contributed by atoms with Gasteiger partial charge in [0.25, 0.3) is 11.7 Å². The SMILES string of the molecule is COc1cc(CN2C(=O)C(=O)c3ccccc32)ccc1OCc1ccccc1. The van der Waals surface area contributed by atoms with Crippen LogP contribution in [0.5, 0.6) is 11.5 Å². The molecule has 5 nitrogen and oxygen atoms in total. The van der Waals surface area contributed by atoms with E-state index in [-0.39, 0.29) is 6.54 Å². The molecule has 140 valence electrons. The lowest BCUT2D eigenvalue weighted by Gasteiger charge is -2.18. The normalized spacial score (nSPS) is 12.8. The van der Waals surface area contributed by atoms with E-state index in [0.717, 1.165) is 11.1 Å². The van der Waals surface area contributed by atoms with Crippen LogP contribution in [0.4, 0.5) is 5.69 Å². The van der Waals surface area contributed by atoms with Crippen LogP contribution in [0.2, 0.25) is 0 Å². The standard InChI is InChI=1S/C23H19NO4/c1-27-21-13-17(11-12-20(21)28-15-16-7-3-2-4-8-16)14-24-19-10-6-5-9-18(19)22(25)23(24)26/h2-13H,14-15H2,1H3. The monoisotopic (exact) mass is 373 g/mol. The molecular formula is C23H19NO4. The van der Waals surface area contributed by atoms with Crippen molar-refractivity contribution in [1.82, 2.24) is 0 Å². The van der Waals surface area contributed by atoms with Crippen LogP contribution >= 0.6 is 0 Å². The summed E-state index contributed by atoms with van der Waals surface area (Å²) >= 11 is 0. The van der Waals surface area contributed by atoms with Crippen molar-refractivity contribution in [1.29, 1.82) is 0 Å². The number of ether oxygens (including phenoxy) is 2. The predicted molar refractivity (Wildman–Crippen MR) is 106 cm³/mol. The van der Waals surface area contributed by atoms with Gasteiger partial charge in [-0.15, -0.1) is 0 Å². The number of anilines is 1. The Hall–Kier alpha value is -3.60. The number of methoxy groups -OCH3 is 1. The van der Waals surface area contributed by atoms with Crippen molar-refractivity contribution in [2.24, 2.45) is 0 Å². The number of Topliss-reactive ketones (excluding diaryl/α,β-unsaturated/α-hetero) is 1. The minimum Gasteiger partial charge on any atom is -0.493 e. The first kappa shape index (κ1) is 17.8. The van der Waals surface area contributed by atoms with E-state index in [4.69, 9.17) is 9.47 Å². The lowest BCUT2D eigenvalue weighted by Crippen LogP contribution is -2.29. The van der Waals surface area contributed by atoms with Crippen LogP contribution in [0.15, 0.2) is 72.8 Å². The maximum Gasteiger partial charge on any atom is 0.299 e. The highest BCUT2D eigenvalue weighted by Gasteiger charge is 2.35. The molecule has 0 saturated heterocycles. The maximum atomic E-state index is 12.4. The van der Waals surface area contributed by atoms with Crippen molar-refractivity contribution < 1.29 is 19.1 Å². The van der Waals surface area contributed by atoms with E-state index >= 15 is 0 Å². The summed E-state index contributed by atoms with van der Waals surface area (Å²) in [6.07, 6.45) is 0. The van der Waals surface area contributed by atoms with Crippen LogP contribution in [0.1, 0.15) is 21.5 Å². The van der Waals surface area contributed by atoms with Crippen LogP contribution < -0.4 is 14.4 Å². The van der Waals surface area contributed by atoms with E-state index in [1.807, 2.05) is 54.6 Å². The van der Waals surface area contributed by atoms with Crippen LogP contribution in [0.3, 0.4) is 0 Å². The Kier molecular flexibility index (Phi) is 4.81. The number of rotatable bonds is 6. The second-order valence-electron chi connectivity index (χ2n) is 6.50. The smallest absolute Gasteiger partial charge is 0.299 e. The van der Waals surface area contributed by atoms with Crippen molar-refractivity contribution in [3.63, 3.8) is 0 Å². The molecule has 28 heavy (non-hydrogen) atoms. The molecule has 0 aliphatic carbocycles. The van der Waals surface area contributed by atoms with Gasteiger partial charge in [0.15, 0.2) is 11.5 Å². The van der Waals surface area contributed by atoms with Gasteiger partial charge in [-0.3, -0.25) is 9.59 Å². The molecule has 3 aromatic carbocycles.